The van der Waals surface area contributed by atoms with Crippen LogP contribution in [0.5, 0.6) is 0 Å². The molecule has 1 spiro atoms. The first-order chi connectivity index (χ1) is 39.9. The van der Waals surface area contributed by atoms with Crippen LogP contribution >= 0.6 is 43.6 Å². The Balaban J connectivity index is 0.000000157. The fourth-order valence-electron chi connectivity index (χ4n) is 12.9. The molecule has 1 unspecified atom stereocenters. The molecule has 0 amide bonds. The number of hydrogen-bond donors (Lipinski definition) is 1. The SMILES string of the molecule is C1CCNC1.COC1(c2ccc(S(C)(=O)=O)cc2)OC12CCCCC2.CS(=O)(=O)c1ccc(C(=O)C2(Br)CCCCC2)cc1.CS(=O)(=O)c1ccc(C(=O)C2(N3CCCC3)CCCCC2)cc1.CSc1ccc(C(=O)C2(Br)CCCCC2)cc1. The van der Waals surface area contributed by atoms with Crippen molar-refractivity contribution in [3.8, 4) is 0 Å². The molecule has 0 aromatic heterocycles. The van der Waals surface area contributed by atoms with Crippen molar-refractivity contribution >= 4 is 90.5 Å². The van der Waals surface area contributed by atoms with Gasteiger partial charge in [-0.25, -0.2) is 25.3 Å². The first-order valence-electron chi connectivity index (χ1n) is 30.1. The molecule has 4 aliphatic carbocycles. The number of nitrogens with zero attached hydrogens (tertiary/aromatic N) is 1. The quantitative estimate of drug-likeness (QED) is 0.0575. The zero-order valence-electron chi connectivity index (χ0n) is 49.9. The van der Waals surface area contributed by atoms with Gasteiger partial charge in [0.2, 0.25) is 5.79 Å². The molecule has 3 aliphatic heterocycles. The third-order valence-electron chi connectivity index (χ3n) is 17.8. The van der Waals surface area contributed by atoms with Crippen LogP contribution in [0.25, 0.3) is 0 Å². The number of Topliss-reactive ketones (excluding diaryl/α,β-unsaturated/α-hetero) is 3. The summed E-state index contributed by atoms with van der Waals surface area (Å²) in [6, 6.07) is 27.5. The maximum absolute atomic E-state index is 13.3. The predicted octanol–water partition coefficient (Wildman–Crippen LogP) is 14.1. The number of ketones is 3. The molecule has 13 nitrogen and oxygen atoms in total. The number of ether oxygens (including phenoxy) is 2. The first kappa shape index (κ1) is 68.4. The van der Waals surface area contributed by atoms with Gasteiger partial charge in [0, 0.05) is 53.0 Å². The van der Waals surface area contributed by atoms with Crippen LogP contribution < -0.4 is 5.32 Å². The Morgan fingerprint density at radius 2 is 0.821 bits per heavy atom. The zero-order chi connectivity index (χ0) is 60.9. The second-order valence-electron chi connectivity index (χ2n) is 23.9. The van der Waals surface area contributed by atoms with Crippen molar-refractivity contribution in [2.75, 3.05) is 58.3 Å². The second-order valence-corrected chi connectivity index (χ2v) is 33.8. The van der Waals surface area contributed by atoms with E-state index in [-0.39, 0.29) is 42.6 Å². The van der Waals surface area contributed by atoms with Gasteiger partial charge in [-0.15, -0.1) is 11.8 Å². The average molecular weight is 1360 g/mol. The third-order valence-corrected chi connectivity index (χ3v) is 24.3. The molecule has 3 saturated heterocycles. The number of thioether (sulfide) groups is 1. The fourth-order valence-corrected chi connectivity index (χ4v) is 16.8. The highest BCUT2D eigenvalue weighted by Crippen LogP contribution is 2.63. The molecule has 19 heteroatoms. The summed E-state index contributed by atoms with van der Waals surface area (Å²) in [7, 11) is -7.94. The van der Waals surface area contributed by atoms with Gasteiger partial charge in [-0.1, -0.05) is 157 Å². The molecule has 4 aromatic rings. The number of methoxy groups -OCH3 is 1. The van der Waals surface area contributed by atoms with E-state index >= 15 is 0 Å². The first-order valence-corrected chi connectivity index (χ1v) is 38.6. The van der Waals surface area contributed by atoms with Crippen LogP contribution in [0.1, 0.15) is 191 Å². The summed E-state index contributed by atoms with van der Waals surface area (Å²) in [5.74, 6) is -0.181. The Kier molecular flexibility index (Phi) is 24.4. The van der Waals surface area contributed by atoms with Crippen molar-refractivity contribution in [2.45, 2.75) is 199 Å². The lowest BCUT2D eigenvalue weighted by atomic mass is 9.75. The number of epoxide rings is 1. The van der Waals surface area contributed by atoms with Crippen LogP contribution in [0.3, 0.4) is 0 Å². The van der Waals surface area contributed by atoms with Crippen molar-refractivity contribution < 1.29 is 49.1 Å². The number of carbonyl (C=O) groups is 3. The Bertz CT molecular complexity index is 3150. The van der Waals surface area contributed by atoms with Gasteiger partial charge in [-0.2, -0.15) is 0 Å². The molecule has 1 N–H and O–H groups in total. The number of rotatable bonds is 13. The lowest BCUT2D eigenvalue weighted by Crippen LogP contribution is -2.54. The summed E-state index contributed by atoms with van der Waals surface area (Å²) in [6.07, 6.45) is 32.1. The zero-order valence-corrected chi connectivity index (χ0v) is 56.3. The highest BCUT2D eigenvalue weighted by Gasteiger charge is 2.71. The number of hydrogen-bond acceptors (Lipinski definition) is 14. The molecule has 84 heavy (non-hydrogen) atoms. The van der Waals surface area contributed by atoms with Crippen molar-refractivity contribution in [1.82, 2.24) is 10.2 Å². The average Bonchev–Trinajstić information content (AvgIpc) is 1.81. The van der Waals surface area contributed by atoms with Crippen LogP contribution in [0.2, 0.25) is 0 Å². The van der Waals surface area contributed by atoms with E-state index in [2.05, 4.69) is 42.1 Å². The summed E-state index contributed by atoms with van der Waals surface area (Å²) in [5, 5.41) is 3.22. The molecule has 462 valence electrons. The number of benzene rings is 4. The second kappa shape index (κ2) is 29.9. The van der Waals surface area contributed by atoms with E-state index in [0.717, 1.165) is 133 Å². The maximum Gasteiger partial charge on any atom is 0.225 e. The lowest BCUT2D eigenvalue weighted by Gasteiger charge is -2.43. The summed E-state index contributed by atoms with van der Waals surface area (Å²) in [5.41, 5.74) is 2.40. The number of sulfone groups is 3. The Morgan fingerprint density at radius 1 is 0.476 bits per heavy atom. The topological polar surface area (TPSA) is 191 Å². The van der Waals surface area contributed by atoms with Crippen LogP contribution in [-0.4, -0.2) is 126 Å². The van der Waals surface area contributed by atoms with Crippen LogP contribution in [0, 0.1) is 0 Å². The highest BCUT2D eigenvalue weighted by atomic mass is 79.9. The molecule has 4 saturated carbocycles. The van der Waals surface area contributed by atoms with E-state index in [4.69, 9.17) is 9.47 Å². The Labute approximate surface area is 522 Å². The van der Waals surface area contributed by atoms with Crippen LogP contribution in [-0.2, 0) is 44.8 Å². The van der Waals surface area contributed by atoms with Crippen LogP contribution in [0.4, 0.5) is 0 Å². The van der Waals surface area contributed by atoms with Gasteiger partial charge < -0.3 is 14.8 Å². The number of nitrogens with one attached hydrogen (secondary N) is 1. The fraction of sp³-hybridized carbons (Fsp3) is 0.585. The molecule has 0 bridgehead atoms. The molecular weight excluding hydrogens is 1270 g/mol. The van der Waals surface area contributed by atoms with Gasteiger partial charge in [0.1, 0.15) is 5.60 Å². The molecule has 4 aromatic carbocycles. The number of carbonyl (C=O) groups excluding carboxylic acids is 3. The standard InChI is InChI=1S/C18H25NO3S.C15H20O4S.C14H17BrO3S.C14H17BrOS.C4H9N/c1-23(21,22)16-9-7-15(8-10-16)17(20)18(11-3-2-4-12-18)19-13-5-6-14-19;1-18-15(14(19-15)10-4-3-5-11-14)12-6-8-13(9-7-12)20(2,16)17;1-19(17,18)12-7-5-11(6-8-12)13(16)14(15)9-3-2-4-10-14;1-17-12-7-5-11(6-8-12)13(16)14(15)9-3-2-4-10-14;1-2-4-5-3-1/h7-10H,2-6,11-14H2,1H3;6-9H,3-5,10-11H2,1-2H3;5-8H,2-4,9-10H2,1H3;5-8H,2-4,9-10H2,1H3;5H,1-4H2. The van der Waals surface area contributed by atoms with Gasteiger partial charge in [0.05, 0.1) is 28.9 Å². The van der Waals surface area contributed by atoms with Crippen molar-refractivity contribution in [3.63, 3.8) is 0 Å². The van der Waals surface area contributed by atoms with Crippen molar-refractivity contribution in [1.29, 1.82) is 0 Å². The number of alkyl halides is 2. The maximum atomic E-state index is 13.3. The van der Waals surface area contributed by atoms with Gasteiger partial charge in [0.25, 0.3) is 0 Å². The minimum atomic E-state index is -3.22. The Hall–Kier alpha value is -3.11. The minimum Gasteiger partial charge on any atom is -0.347 e. The molecule has 7 aliphatic rings. The predicted molar refractivity (Wildman–Crippen MR) is 344 cm³/mol. The Morgan fingerprint density at radius 3 is 1.17 bits per heavy atom. The molecule has 3 heterocycles. The molecule has 1 atom stereocenters. The third kappa shape index (κ3) is 17.2. The number of likely N-dealkylation sites (tertiary alicyclic amines) is 1. The summed E-state index contributed by atoms with van der Waals surface area (Å²) < 4.78 is 79.9. The van der Waals surface area contributed by atoms with E-state index < -0.39 is 39.6 Å². The highest BCUT2D eigenvalue weighted by molar-refractivity contribution is 9.10. The largest absolute Gasteiger partial charge is 0.347 e. The smallest absolute Gasteiger partial charge is 0.225 e. The monoisotopic (exact) mass is 1360 g/mol. The molecule has 11 rings (SSSR count). The summed E-state index contributed by atoms with van der Waals surface area (Å²) in [6.45, 7) is 4.51. The van der Waals surface area contributed by atoms with Gasteiger partial charge in [-0.3, -0.25) is 19.3 Å². The lowest BCUT2D eigenvalue weighted by molar-refractivity contribution is -0.0154. The molecule has 0 radical (unpaired) electrons. The normalized spacial score (nSPS) is 22.4. The van der Waals surface area contributed by atoms with E-state index in [0.29, 0.717) is 16.0 Å². The van der Waals surface area contributed by atoms with E-state index in [1.54, 1.807) is 67.4 Å². The van der Waals surface area contributed by atoms with Crippen molar-refractivity contribution in [2.24, 2.45) is 0 Å². The minimum absolute atomic E-state index is 0.0623. The van der Waals surface area contributed by atoms with E-state index in [9.17, 15) is 39.6 Å². The number of halogens is 2. The van der Waals surface area contributed by atoms with E-state index in [1.807, 2.05) is 42.7 Å². The van der Waals surface area contributed by atoms with Gasteiger partial charge in [0.15, 0.2) is 46.9 Å². The van der Waals surface area contributed by atoms with Crippen molar-refractivity contribution in [3.05, 3.63) is 119 Å². The summed E-state index contributed by atoms with van der Waals surface area (Å²) in [4.78, 5) is 42.7. The molecule has 7 fully saturated rings. The van der Waals surface area contributed by atoms with Gasteiger partial charge in [-0.05, 0) is 158 Å². The van der Waals surface area contributed by atoms with E-state index in [1.165, 1.54) is 94.0 Å². The van der Waals surface area contributed by atoms with Crippen LogP contribution in [0.15, 0.2) is 117 Å². The summed E-state index contributed by atoms with van der Waals surface area (Å²) >= 11 is 8.97. The molecular formula is C65H88Br2N2O11S4. The van der Waals surface area contributed by atoms with Gasteiger partial charge >= 0.3 is 0 Å².